The highest BCUT2D eigenvalue weighted by atomic mass is 16.6. The molecule has 1 saturated heterocycles. The second kappa shape index (κ2) is 5.16. The van der Waals surface area contributed by atoms with Crippen molar-refractivity contribution in [3.8, 4) is 0 Å². The van der Waals surface area contributed by atoms with Crippen LogP contribution < -0.4 is 16.0 Å². The van der Waals surface area contributed by atoms with E-state index in [0.717, 1.165) is 0 Å². The van der Waals surface area contributed by atoms with E-state index >= 15 is 0 Å². The van der Waals surface area contributed by atoms with Crippen molar-refractivity contribution in [2.75, 3.05) is 17.2 Å². The molecule has 8 heteroatoms. The van der Waals surface area contributed by atoms with E-state index in [0.29, 0.717) is 12.1 Å². The number of nitrogen functional groups attached to an aromatic ring is 1. The SMILES string of the molecule is CCC1C(=O)NC(=O)CN1c1cc(N)cc([N+](=O)[O-])c1. The molecule has 1 aliphatic heterocycles. The van der Waals surface area contributed by atoms with E-state index in [1.807, 2.05) is 0 Å². The van der Waals surface area contributed by atoms with Gasteiger partial charge < -0.3 is 10.6 Å². The van der Waals surface area contributed by atoms with Crippen LogP contribution in [0, 0.1) is 10.1 Å². The number of hydrogen-bond acceptors (Lipinski definition) is 6. The van der Waals surface area contributed by atoms with Crippen molar-refractivity contribution in [3.63, 3.8) is 0 Å². The Hall–Kier alpha value is -2.64. The number of non-ortho nitro benzene ring substituents is 1. The molecule has 1 aliphatic rings. The van der Waals surface area contributed by atoms with Gasteiger partial charge in [-0.2, -0.15) is 0 Å². The van der Waals surface area contributed by atoms with E-state index in [1.54, 1.807) is 6.92 Å². The van der Waals surface area contributed by atoms with E-state index in [9.17, 15) is 19.7 Å². The zero-order chi connectivity index (χ0) is 14.9. The number of carbonyl (C=O) groups excluding carboxylic acids is 2. The standard InChI is InChI=1S/C12H14N4O4/c1-2-10-12(18)14-11(17)6-15(10)8-3-7(13)4-9(5-8)16(19)20/h3-5,10H,2,6,13H2,1H3,(H,14,17,18). The molecule has 1 aromatic rings. The van der Waals surface area contributed by atoms with Gasteiger partial charge in [0.1, 0.15) is 6.04 Å². The van der Waals surface area contributed by atoms with Crippen molar-refractivity contribution in [1.29, 1.82) is 0 Å². The molecule has 2 amide bonds. The molecule has 8 nitrogen and oxygen atoms in total. The van der Waals surface area contributed by atoms with E-state index < -0.39 is 22.8 Å². The molecule has 0 aromatic heterocycles. The third-order valence-electron chi connectivity index (χ3n) is 3.11. The first-order valence-corrected chi connectivity index (χ1v) is 6.07. The Bertz CT molecular complexity index is 587. The summed E-state index contributed by atoms with van der Waals surface area (Å²) in [6.07, 6.45) is 0.474. The number of nitro benzene ring substituents is 1. The fourth-order valence-electron chi connectivity index (χ4n) is 2.23. The number of piperazine rings is 1. The first-order valence-electron chi connectivity index (χ1n) is 6.07. The molecule has 0 saturated carbocycles. The lowest BCUT2D eigenvalue weighted by Crippen LogP contribution is -2.58. The monoisotopic (exact) mass is 278 g/mol. The molecule has 0 aliphatic carbocycles. The van der Waals surface area contributed by atoms with Crippen molar-refractivity contribution in [3.05, 3.63) is 28.3 Å². The quantitative estimate of drug-likeness (QED) is 0.358. The predicted octanol–water partition coefficient (Wildman–Crippen LogP) is 0.418. The molecular formula is C12H14N4O4. The minimum absolute atomic E-state index is 0.0369. The molecule has 1 fully saturated rings. The number of anilines is 2. The van der Waals surface area contributed by atoms with Gasteiger partial charge in [0.2, 0.25) is 11.8 Å². The molecule has 106 valence electrons. The van der Waals surface area contributed by atoms with Gasteiger partial charge in [0, 0.05) is 23.5 Å². The average molecular weight is 278 g/mol. The topological polar surface area (TPSA) is 119 Å². The highest BCUT2D eigenvalue weighted by Crippen LogP contribution is 2.28. The molecule has 0 spiro atoms. The lowest BCUT2D eigenvalue weighted by atomic mass is 10.1. The van der Waals surface area contributed by atoms with Gasteiger partial charge >= 0.3 is 0 Å². The Morgan fingerprint density at radius 2 is 2.15 bits per heavy atom. The maximum Gasteiger partial charge on any atom is 0.273 e. The largest absolute Gasteiger partial charge is 0.398 e. The Balaban J connectivity index is 2.44. The summed E-state index contributed by atoms with van der Waals surface area (Å²) in [4.78, 5) is 35.1. The molecule has 1 atom stereocenters. The molecule has 0 bridgehead atoms. The summed E-state index contributed by atoms with van der Waals surface area (Å²) in [5.41, 5.74) is 6.08. The van der Waals surface area contributed by atoms with E-state index in [1.165, 1.54) is 23.1 Å². The predicted molar refractivity (Wildman–Crippen MR) is 72.1 cm³/mol. The molecule has 1 unspecified atom stereocenters. The maximum absolute atomic E-state index is 11.8. The molecule has 2 rings (SSSR count). The van der Waals surface area contributed by atoms with Crippen LogP contribution in [0.15, 0.2) is 18.2 Å². The Kier molecular flexibility index (Phi) is 3.55. The van der Waals surface area contributed by atoms with Crippen molar-refractivity contribution < 1.29 is 14.5 Å². The van der Waals surface area contributed by atoms with Crippen LogP contribution >= 0.6 is 0 Å². The zero-order valence-corrected chi connectivity index (χ0v) is 10.8. The molecule has 20 heavy (non-hydrogen) atoms. The summed E-state index contributed by atoms with van der Waals surface area (Å²) in [6, 6.07) is 3.51. The van der Waals surface area contributed by atoms with E-state index in [-0.39, 0.29) is 17.9 Å². The number of nitrogens with two attached hydrogens (primary N) is 1. The van der Waals surface area contributed by atoms with Crippen LogP contribution in [0.2, 0.25) is 0 Å². The fraction of sp³-hybridized carbons (Fsp3) is 0.333. The Labute approximate surface area is 114 Å². The number of benzene rings is 1. The summed E-state index contributed by atoms with van der Waals surface area (Å²) in [5.74, 6) is -0.849. The number of amides is 2. The van der Waals surface area contributed by atoms with Gasteiger partial charge in [0.05, 0.1) is 11.5 Å². The molecular weight excluding hydrogens is 264 g/mol. The van der Waals surface area contributed by atoms with Gasteiger partial charge in [-0.3, -0.25) is 25.0 Å². The zero-order valence-electron chi connectivity index (χ0n) is 10.8. The van der Waals surface area contributed by atoms with Crippen molar-refractivity contribution in [2.24, 2.45) is 0 Å². The average Bonchev–Trinajstić information content (AvgIpc) is 2.37. The number of hydrogen-bond donors (Lipinski definition) is 2. The molecule has 3 N–H and O–H groups in total. The summed E-state index contributed by atoms with van der Waals surface area (Å²) in [6.45, 7) is 1.76. The number of carbonyl (C=O) groups is 2. The highest BCUT2D eigenvalue weighted by Gasteiger charge is 2.33. The number of nitro groups is 1. The molecule has 1 aromatic carbocycles. The smallest absolute Gasteiger partial charge is 0.273 e. The van der Waals surface area contributed by atoms with Crippen LogP contribution in [-0.4, -0.2) is 29.3 Å². The second-order valence-corrected chi connectivity index (χ2v) is 4.50. The lowest BCUT2D eigenvalue weighted by Gasteiger charge is -2.35. The summed E-state index contributed by atoms with van der Waals surface area (Å²) >= 11 is 0. The van der Waals surface area contributed by atoms with Crippen LogP contribution in [0.5, 0.6) is 0 Å². The Morgan fingerprint density at radius 1 is 1.45 bits per heavy atom. The van der Waals surface area contributed by atoms with Gasteiger partial charge in [-0.05, 0) is 12.5 Å². The first-order chi connectivity index (χ1) is 9.42. The number of nitrogens with zero attached hydrogens (tertiary/aromatic N) is 2. The normalized spacial score (nSPS) is 18.9. The van der Waals surface area contributed by atoms with E-state index in [2.05, 4.69) is 5.32 Å². The second-order valence-electron chi connectivity index (χ2n) is 4.50. The van der Waals surface area contributed by atoms with Gasteiger partial charge in [-0.15, -0.1) is 0 Å². The number of nitrogens with one attached hydrogen (secondary N) is 1. The highest BCUT2D eigenvalue weighted by molar-refractivity contribution is 6.04. The lowest BCUT2D eigenvalue weighted by molar-refractivity contribution is -0.384. The van der Waals surface area contributed by atoms with Crippen LogP contribution in [0.1, 0.15) is 13.3 Å². The van der Waals surface area contributed by atoms with Crippen molar-refractivity contribution >= 4 is 28.9 Å². The van der Waals surface area contributed by atoms with Crippen molar-refractivity contribution in [1.82, 2.24) is 5.32 Å². The van der Waals surface area contributed by atoms with E-state index in [4.69, 9.17) is 5.73 Å². The summed E-state index contributed by atoms with van der Waals surface area (Å²) in [7, 11) is 0. The third-order valence-corrected chi connectivity index (χ3v) is 3.11. The summed E-state index contributed by atoms with van der Waals surface area (Å²) < 4.78 is 0. The van der Waals surface area contributed by atoms with Crippen LogP contribution in [-0.2, 0) is 9.59 Å². The maximum atomic E-state index is 11.8. The fourth-order valence-corrected chi connectivity index (χ4v) is 2.23. The molecule has 0 radical (unpaired) electrons. The first kappa shape index (κ1) is 13.8. The van der Waals surface area contributed by atoms with Crippen molar-refractivity contribution in [2.45, 2.75) is 19.4 Å². The van der Waals surface area contributed by atoms with Gasteiger partial charge in [-0.1, -0.05) is 6.92 Å². The van der Waals surface area contributed by atoms with Crippen LogP contribution in [0.4, 0.5) is 17.1 Å². The third kappa shape index (κ3) is 2.53. The molecule has 1 heterocycles. The number of imide groups is 1. The minimum atomic E-state index is -0.563. The van der Waals surface area contributed by atoms with Gasteiger partial charge in [-0.25, -0.2) is 0 Å². The van der Waals surface area contributed by atoms with Gasteiger partial charge in [0.15, 0.2) is 0 Å². The van der Waals surface area contributed by atoms with Gasteiger partial charge in [0.25, 0.3) is 5.69 Å². The summed E-state index contributed by atoms with van der Waals surface area (Å²) in [5, 5.41) is 13.1. The minimum Gasteiger partial charge on any atom is -0.398 e. The van der Waals surface area contributed by atoms with Crippen LogP contribution in [0.25, 0.3) is 0 Å². The van der Waals surface area contributed by atoms with Crippen LogP contribution in [0.3, 0.4) is 0 Å². The number of rotatable bonds is 3. The Morgan fingerprint density at radius 3 is 2.75 bits per heavy atom.